The topological polar surface area (TPSA) is 151 Å². The second-order valence-corrected chi connectivity index (χ2v) is 14.3. The zero-order valence-electron chi connectivity index (χ0n) is 33.0. The molecule has 0 aliphatic carbocycles. The van der Waals surface area contributed by atoms with Crippen molar-refractivity contribution in [3.8, 4) is 45.4 Å². The van der Waals surface area contributed by atoms with E-state index in [0.717, 1.165) is 0 Å². The van der Waals surface area contributed by atoms with Crippen LogP contribution in [-0.4, -0.2) is 114 Å². The molecule has 2 amide bonds. The molecule has 21 heteroatoms. The van der Waals surface area contributed by atoms with Gasteiger partial charge in [-0.2, -0.15) is 31.4 Å². The van der Waals surface area contributed by atoms with Crippen LogP contribution in [0, 0.1) is 5.92 Å². The number of pyridine rings is 1. The fourth-order valence-electron chi connectivity index (χ4n) is 6.66. The Hall–Kier alpha value is -5.54. The Labute approximate surface area is 348 Å². The zero-order chi connectivity index (χ0) is 44.1. The monoisotopic (exact) mass is 914 g/mol. The van der Waals surface area contributed by atoms with E-state index < -0.39 is 62.1 Å². The molecule has 5 aromatic rings. The number of benzene rings is 2. The van der Waals surface area contributed by atoms with Crippen LogP contribution in [0.5, 0.6) is 23.0 Å². The van der Waals surface area contributed by atoms with Gasteiger partial charge in [0.25, 0.3) is 11.8 Å². The minimum atomic E-state index is -4.79. The van der Waals surface area contributed by atoms with E-state index in [9.17, 15) is 41.0 Å². The van der Waals surface area contributed by atoms with Crippen molar-refractivity contribution in [2.24, 2.45) is 5.92 Å². The van der Waals surface area contributed by atoms with Gasteiger partial charge in [0.05, 0.1) is 46.5 Å². The molecule has 0 bridgehead atoms. The van der Waals surface area contributed by atoms with Crippen molar-refractivity contribution >= 4 is 33.4 Å². The summed E-state index contributed by atoms with van der Waals surface area (Å²) in [7, 11) is 5.06. The highest BCUT2D eigenvalue weighted by Gasteiger charge is 2.39. The first kappa shape index (κ1) is 45.5. The molecule has 0 fully saturated rings. The van der Waals surface area contributed by atoms with Crippen molar-refractivity contribution < 1.29 is 64.7 Å². The molecule has 60 heavy (non-hydrogen) atoms. The summed E-state index contributed by atoms with van der Waals surface area (Å²) in [6.07, 6.45) is -4.69. The third-order valence-corrected chi connectivity index (χ3v) is 9.75. The SMILES string of the molecule is CCOC(O)C(C(C)CN(CC(F)(F)F)C(=O)c1c(OC)cc(Br)cc1OC)n1cc(-c2ccn3c(-c4cc(OC)c(C(=O)NCC(F)(F)F)c(OC)c4)cnc3c2)cn1. The second-order valence-electron chi connectivity index (χ2n) is 13.3. The predicted molar refractivity (Wildman–Crippen MR) is 208 cm³/mol. The second kappa shape index (κ2) is 18.8. The van der Waals surface area contributed by atoms with Gasteiger partial charge in [-0.05, 0) is 48.9 Å². The first-order valence-electron chi connectivity index (χ1n) is 18.0. The number of aromatic nitrogens is 4. The van der Waals surface area contributed by atoms with Crippen LogP contribution in [0.25, 0.3) is 28.0 Å². The van der Waals surface area contributed by atoms with Crippen LogP contribution in [0.4, 0.5) is 26.3 Å². The number of rotatable bonds is 17. The van der Waals surface area contributed by atoms with Gasteiger partial charge in [-0.1, -0.05) is 22.9 Å². The van der Waals surface area contributed by atoms with Gasteiger partial charge < -0.3 is 39.0 Å². The van der Waals surface area contributed by atoms with E-state index >= 15 is 0 Å². The Balaban J connectivity index is 1.46. The number of carbonyl (C=O) groups excluding carboxylic acids is 2. The van der Waals surface area contributed by atoms with E-state index in [2.05, 4.69) is 26.0 Å². The molecular weight excluding hydrogens is 874 g/mol. The minimum Gasteiger partial charge on any atom is -0.496 e. The first-order valence-corrected chi connectivity index (χ1v) is 18.8. The molecule has 14 nitrogen and oxygen atoms in total. The summed E-state index contributed by atoms with van der Waals surface area (Å²) in [5.41, 5.74) is 2.11. The molecule has 0 saturated heterocycles. The number of fused-ring (bicyclic) bond motifs is 1. The number of aliphatic hydroxyl groups is 1. The lowest BCUT2D eigenvalue weighted by Gasteiger charge is -2.33. The average molecular weight is 916 g/mol. The molecule has 0 spiro atoms. The molecule has 2 N–H and O–H groups in total. The standard InChI is InChI=1S/C39H41BrF6N6O8/c1-7-60-37(55)34(21(2)17-50(20-39(44,45)46)36(54)33-29(58-5)13-25(40)14-30(33)59-6)52-18-24(15-49-52)22-8-9-51-26(16-47-31(51)12-22)23-10-27(56-3)32(28(11-23)57-4)35(53)48-19-38(41,42)43/h8-16,18,21,34,37,55H,7,17,19-20H2,1-6H3,(H,48,53). The van der Waals surface area contributed by atoms with Gasteiger partial charge >= 0.3 is 12.4 Å². The van der Waals surface area contributed by atoms with Crippen LogP contribution in [0.2, 0.25) is 0 Å². The van der Waals surface area contributed by atoms with Crippen molar-refractivity contribution in [1.82, 2.24) is 29.4 Å². The van der Waals surface area contributed by atoms with Crippen LogP contribution in [0.3, 0.4) is 0 Å². The lowest BCUT2D eigenvalue weighted by molar-refractivity contribution is -0.150. The van der Waals surface area contributed by atoms with Gasteiger partial charge in [-0.25, -0.2) is 4.98 Å². The van der Waals surface area contributed by atoms with Crippen LogP contribution in [0.15, 0.2) is 65.7 Å². The third-order valence-electron chi connectivity index (χ3n) is 9.29. The quantitative estimate of drug-likeness (QED) is 0.0725. The maximum Gasteiger partial charge on any atom is 0.406 e. The number of nitrogens with one attached hydrogen (secondary N) is 1. The summed E-state index contributed by atoms with van der Waals surface area (Å²) in [6, 6.07) is 8.16. The molecule has 5 rings (SSSR count). The lowest BCUT2D eigenvalue weighted by Crippen LogP contribution is -2.45. The number of hydrogen-bond acceptors (Lipinski definition) is 10. The van der Waals surface area contributed by atoms with E-state index in [0.29, 0.717) is 37.4 Å². The summed E-state index contributed by atoms with van der Waals surface area (Å²) in [6.45, 7) is -0.417. The lowest BCUT2D eigenvalue weighted by atomic mass is 9.99. The van der Waals surface area contributed by atoms with Gasteiger partial charge in [0.2, 0.25) is 0 Å². The summed E-state index contributed by atoms with van der Waals surface area (Å²) < 4.78 is 111. The van der Waals surface area contributed by atoms with Gasteiger partial charge in [0.1, 0.15) is 58.9 Å². The Morgan fingerprint density at radius 3 is 2.02 bits per heavy atom. The molecule has 3 aromatic heterocycles. The van der Waals surface area contributed by atoms with Crippen LogP contribution in [0.1, 0.15) is 40.6 Å². The molecule has 324 valence electrons. The van der Waals surface area contributed by atoms with E-state index in [-0.39, 0.29) is 40.7 Å². The van der Waals surface area contributed by atoms with Crippen molar-refractivity contribution in [2.45, 2.75) is 38.5 Å². The maximum atomic E-state index is 14.0. The van der Waals surface area contributed by atoms with Gasteiger partial charge in [0.15, 0.2) is 6.29 Å². The molecule has 2 aromatic carbocycles. The zero-order valence-corrected chi connectivity index (χ0v) is 34.6. The molecule has 0 aliphatic heterocycles. The number of nitrogens with zero attached hydrogens (tertiary/aromatic N) is 5. The highest BCUT2D eigenvalue weighted by Crippen LogP contribution is 2.38. The molecular formula is C39H41BrF6N6O8. The number of alkyl halides is 6. The highest BCUT2D eigenvalue weighted by molar-refractivity contribution is 9.10. The van der Waals surface area contributed by atoms with Gasteiger partial charge in [0, 0.05) is 47.1 Å². The molecule has 0 saturated carbocycles. The number of ether oxygens (including phenoxy) is 5. The van der Waals surface area contributed by atoms with E-state index in [1.165, 1.54) is 69.8 Å². The van der Waals surface area contributed by atoms with E-state index in [1.54, 1.807) is 42.8 Å². The third kappa shape index (κ3) is 10.4. The Morgan fingerprint density at radius 1 is 0.867 bits per heavy atom. The van der Waals surface area contributed by atoms with Crippen molar-refractivity contribution in [3.05, 3.63) is 76.8 Å². The Kier molecular flexibility index (Phi) is 14.3. The normalized spacial score (nSPS) is 13.4. The number of imidazole rings is 1. The summed E-state index contributed by atoms with van der Waals surface area (Å²) in [5, 5.41) is 17.5. The van der Waals surface area contributed by atoms with Crippen molar-refractivity contribution in [1.29, 1.82) is 0 Å². The van der Waals surface area contributed by atoms with Crippen LogP contribution >= 0.6 is 15.9 Å². The minimum absolute atomic E-state index is 0.0139. The van der Waals surface area contributed by atoms with Gasteiger partial charge in [-0.3, -0.25) is 18.7 Å². The Bertz CT molecular complexity index is 2270. The molecule has 0 radical (unpaired) electrons. The summed E-state index contributed by atoms with van der Waals surface area (Å²) >= 11 is 3.28. The number of halogens is 7. The molecule has 3 atom stereocenters. The smallest absolute Gasteiger partial charge is 0.406 e. The fraction of sp³-hybridized carbons (Fsp3) is 0.385. The van der Waals surface area contributed by atoms with Crippen molar-refractivity contribution in [3.63, 3.8) is 0 Å². The molecule has 0 aliphatic rings. The largest absolute Gasteiger partial charge is 0.496 e. The number of amides is 2. The van der Waals surface area contributed by atoms with Gasteiger partial charge in [-0.15, -0.1) is 0 Å². The fourth-order valence-corrected chi connectivity index (χ4v) is 7.07. The number of methoxy groups -OCH3 is 4. The maximum absolute atomic E-state index is 14.0. The molecule has 3 unspecified atom stereocenters. The molecule has 3 heterocycles. The predicted octanol–water partition coefficient (Wildman–Crippen LogP) is 7.19. The van der Waals surface area contributed by atoms with Crippen LogP contribution < -0.4 is 24.3 Å². The summed E-state index contributed by atoms with van der Waals surface area (Å²) in [5.74, 6) is -3.06. The first-order chi connectivity index (χ1) is 28.3. The van der Waals surface area contributed by atoms with E-state index in [4.69, 9.17) is 23.7 Å². The van der Waals surface area contributed by atoms with Crippen LogP contribution in [-0.2, 0) is 4.74 Å². The number of aliphatic hydroxyl groups excluding tert-OH is 1. The summed E-state index contributed by atoms with van der Waals surface area (Å²) in [4.78, 5) is 31.7. The highest BCUT2D eigenvalue weighted by atomic mass is 79.9. The number of hydrogen-bond donors (Lipinski definition) is 2. The van der Waals surface area contributed by atoms with E-state index in [1.807, 2.05) is 5.32 Å². The Morgan fingerprint density at radius 2 is 1.47 bits per heavy atom. The number of carbonyl (C=O) groups is 2. The van der Waals surface area contributed by atoms with Crippen molar-refractivity contribution in [2.75, 3.05) is 54.7 Å². The average Bonchev–Trinajstić information content (AvgIpc) is 3.85.